The number of carboxylic acids is 1. The van der Waals surface area contributed by atoms with E-state index in [4.69, 9.17) is 16.7 Å². The molecule has 2 heterocycles. The lowest BCUT2D eigenvalue weighted by Crippen LogP contribution is -1.98. The van der Waals surface area contributed by atoms with E-state index in [0.717, 1.165) is 15.8 Å². The zero-order valence-electron chi connectivity index (χ0n) is 8.23. The second-order valence-electron chi connectivity index (χ2n) is 3.04. The quantitative estimate of drug-likeness (QED) is 0.689. The number of aliphatic carboxylic acids is 1. The Morgan fingerprint density at radius 2 is 2.38 bits per heavy atom. The molecule has 0 aliphatic rings. The first-order valence-electron chi connectivity index (χ1n) is 4.33. The second-order valence-corrected chi connectivity index (χ2v) is 5.63. The highest BCUT2D eigenvalue weighted by molar-refractivity contribution is 8.00. The molecule has 2 rings (SSSR count). The molecule has 0 spiro atoms. The maximum atomic E-state index is 10.5. The molecule has 0 radical (unpaired) electrons. The number of halogens is 1. The standard InChI is InChI=1S/C9H7ClN2O2S2/c1-4-6-7(16-8(4)10)9(12-3-11-6)15-2-5(13)14/h3H,2H2,1H3,(H,13,14). The Morgan fingerprint density at radius 3 is 3.06 bits per heavy atom. The van der Waals surface area contributed by atoms with Gasteiger partial charge in [0.2, 0.25) is 0 Å². The Morgan fingerprint density at radius 1 is 1.62 bits per heavy atom. The van der Waals surface area contributed by atoms with Crippen molar-refractivity contribution in [2.24, 2.45) is 0 Å². The van der Waals surface area contributed by atoms with Crippen molar-refractivity contribution in [3.63, 3.8) is 0 Å². The van der Waals surface area contributed by atoms with Crippen LogP contribution in [0.3, 0.4) is 0 Å². The van der Waals surface area contributed by atoms with Gasteiger partial charge >= 0.3 is 5.97 Å². The molecule has 0 aliphatic carbocycles. The van der Waals surface area contributed by atoms with Crippen LogP contribution >= 0.6 is 34.7 Å². The Bertz CT molecular complexity index is 556. The van der Waals surface area contributed by atoms with E-state index in [9.17, 15) is 4.79 Å². The highest BCUT2D eigenvalue weighted by Crippen LogP contribution is 2.37. The number of hydrogen-bond donors (Lipinski definition) is 1. The van der Waals surface area contributed by atoms with Crippen LogP contribution in [0.15, 0.2) is 11.4 Å². The van der Waals surface area contributed by atoms with E-state index in [1.165, 1.54) is 29.4 Å². The van der Waals surface area contributed by atoms with Crippen molar-refractivity contribution in [3.8, 4) is 0 Å². The van der Waals surface area contributed by atoms with Crippen LogP contribution < -0.4 is 0 Å². The monoisotopic (exact) mass is 274 g/mol. The molecular formula is C9H7ClN2O2S2. The summed E-state index contributed by atoms with van der Waals surface area (Å²) in [5.41, 5.74) is 1.72. The highest BCUT2D eigenvalue weighted by atomic mass is 35.5. The molecule has 2 aromatic heterocycles. The summed E-state index contributed by atoms with van der Waals surface area (Å²) >= 11 is 8.58. The van der Waals surface area contributed by atoms with Gasteiger partial charge in [-0.15, -0.1) is 11.3 Å². The molecule has 0 bridgehead atoms. The van der Waals surface area contributed by atoms with Crippen molar-refractivity contribution < 1.29 is 9.90 Å². The van der Waals surface area contributed by atoms with Crippen LogP contribution in [0.2, 0.25) is 4.34 Å². The van der Waals surface area contributed by atoms with Gasteiger partial charge in [-0.3, -0.25) is 4.79 Å². The van der Waals surface area contributed by atoms with Crippen LogP contribution in [-0.4, -0.2) is 26.8 Å². The highest BCUT2D eigenvalue weighted by Gasteiger charge is 2.13. The van der Waals surface area contributed by atoms with E-state index in [0.29, 0.717) is 9.36 Å². The molecule has 7 heteroatoms. The van der Waals surface area contributed by atoms with Gasteiger partial charge in [0.15, 0.2) is 0 Å². The molecule has 0 aliphatic heterocycles. The average molecular weight is 275 g/mol. The van der Waals surface area contributed by atoms with Gasteiger partial charge in [0.25, 0.3) is 0 Å². The van der Waals surface area contributed by atoms with E-state index >= 15 is 0 Å². The van der Waals surface area contributed by atoms with Crippen molar-refractivity contribution in [3.05, 3.63) is 16.2 Å². The number of thiophene rings is 1. The van der Waals surface area contributed by atoms with Crippen molar-refractivity contribution in [1.29, 1.82) is 0 Å². The van der Waals surface area contributed by atoms with E-state index in [1.54, 1.807) is 0 Å². The van der Waals surface area contributed by atoms with E-state index in [-0.39, 0.29) is 5.75 Å². The number of rotatable bonds is 3. The Kier molecular flexibility index (Phi) is 3.32. The third-order valence-corrected chi connectivity index (χ3v) is 4.64. The first kappa shape index (κ1) is 11.6. The predicted octanol–water partition coefficient (Wildman–Crippen LogP) is 2.83. The summed E-state index contributed by atoms with van der Waals surface area (Å²) < 4.78 is 1.53. The number of nitrogens with zero attached hydrogens (tertiary/aromatic N) is 2. The summed E-state index contributed by atoms with van der Waals surface area (Å²) in [6, 6.07) is 0. The lowest BCUT2D eigenvalue weighted by atomic mass is 10.3. The molecule has 0 atom stereocenters. The third-order valence-electron chi connectivity index (χ3n) is 1.95. The smallest absolute Gasteiger partial charge is 0.313 e. The predicted molar refractivity (Wildman–Crippen MR) is 65.5 cm³/mol. The van der Waals surface area contributed by atoms with Crippen molar-refractivity contribution in [2.75, 3.05) is 5.75 Å². The van der Waals surface area contributed by atoms with Crippen molar-refractivity contribution in [2.45, 2.75) is 11.9 Å². The van der Waals surface area contributed by atoms with Gasteiger partial charge in [0.05, 0.1) is 20.3 Å². The lowest BCUT2D eigenvalue weighted by Gasteiger charge is -1.98. The number of fused-ring (bicyclic) bond motifs is 1. The van der Waals surface area contributed by atoms with Crippen LogP contribution in [0.4, 0.5) is 0 Å². The van der Waals surface area contributed by atoms with Gasteiger partial charge in [-0.25, -0.2) is 9.97 Å². The summed E-state index contributed by atoms with van der Waals surface area (Å²) in [5.74, 6) is -0.878. The summed E-state index contributed by atoms with van der Waals surface area (Å²) in [5, 5.41) is 9.29. The molecule has 0 aromatic carbocycles. The number of thioether (sulfide) groups is 1. The number of hydrogen-bond acceptors (Lipinski definition) is 5. The van der Waals surface area contributed by atoms with Gasteiger partial charge in [-0.2, -0.15) is 0 Å². The number of carboxylic acid groups (broad SMARTS) is 1. The van der Waals surface area contributed by atoms with Crippen LogP contribution in [0.5, 0.6) is 0 Å². The molecule has 84 valence electrons. The van der Waals surface area contributed by atoms with Crippen LogP contribution in [-0.2, 0) is 4.79 Å². The fraction of sp³-hybridized carbons (Fsp3) is 0.222. The summed E-state index contributed by atoms with van der Waals surface area (Å²) in [6.45, 7) is 1.89. The van der Waals surface area contributed by atoms with Crippen molar-refractivity contribution in [1.82, 2.24) is 9.97 Å². The fourth-order valence-electron chi connectivity index (χ4n) is 1.21. The first-order valence-corrected chi connectivity index (χ1v) is 6.51. The van der Waals surface area contributed by atoms with Gasteiger partial charge in [0, 0.05) is 5.56 Å². The summed E-state index contributed by atoms with van der Waals surface area (Å²) in [6.07, 6.45) is 1.43. The molecular weight excluding hydrogens is 268 g/mol. The van der Waals surface area contributed by atoms with Gasteiger partial charge in [-0.1, -0.05) is 23.4 Å². The average Bonchev–Trinajstić information content (AvgIpc) is 2.53. The Balaban J connectivity index is 2.45. The summed E-state index contributed by atoms with van der Waals surface area (Å²) in [4.78, 5) is 18.7. The maximum absolute atomic E-state index is 10.5. The minimum Gasteiger partial charge on any atom is -0.481 e. The normalized spacial score (nSPS) is 10.9. The topological polar surface area (TPSA) is 63.1 Å². The van der Waals surface area contributed by atoms with E-state index in [2.05, 4.69) is 9.97 Å². The van der Waals surface area contributed by atoms with Crippen LogP contribution in [0.25, 0.3) is 10.2 Å². The minimum absolute atomic E-state index is 0.0132. The number of carbonyl (C=O) groups is 1. The molecule has 16 heavy (non-hydrogen) atoms. The second kappa shape index (κ2) is 4.57. The van der Waals surface area contributed by atoms with Gasteiger partial charge in [-0.05, 0) is 6.92 Å². The molecule has 0 fully saturated rings. The maximum Gasteiger partial charge on any atom is 0.313 e. The summed E-state index contributed by atoms with van der Waals surface area (Å²) in [7, 11) is 0. The van der Waals surface area contributed by atoms with Crippen LogP contribution in [0.1, 0.15) is 5.56 Å². The third kappa shape index (κ3) is 2.14. The number of aromatic nitrogens is 2. The zero-order chi connectivity index (χ0) is 11.7. The van der Waals surface area contributed by atoms with E-state index < -0.39 is 5.97 Å². The Hall–Kier alpha value is -0.850. The van der Waals surface area contributed by atoms with Crippen molar-refractivity contribution >= 4 is 50.9 Å². The molecule has 0 saturated heterocycles. The largest absolute Gasteiger partial charge is 0.481 e. The van der Waals surface area contributed by atoms with E-state index in [1.807, 2.05) is 6.92 Å². The molecule has 0 unspecified atom stereocenters. The molecule has 0 amide bonds. The minimum atomic E-state index is -0.865. The first-order chi connectivity index (χ1) is 7.59. The van der Waals surface area contributed by atoms with Gasteiger partial charge in [0.1, 0.15) is 11.4 Å². The molecule has 4 nitrogen and oxygen atoms in total. The SMILES string of the molecule is Cc1c(Cl)sc2c(SCC(=O)O)ncnc12. The molecule has 1 N–H and O–H groups in total. The van der Waals surface area contributed by atoms with Crippen LogP contribution in [0, 0.1) is 6.92 Å². The lowest BCUT2D eigenvalue weighted by molar-refractivity contribution is -0.133. The molecule has 2 aromatic rings. The molecule has 0 saturated carbocycles. The zero-order valence-corrected chi connectivity index (χ0v) is 10.6. The Labute approximate surface area is 105 Å². The number of aryl methyl sites for hydroxylation is 1. The van der Waals surface area contributed by atoms with Gasteiger partial charge < -0.3 is 5.11 Å². The fourth-order valence-corrected chi connectivity index (χ4v) is 3.31.